The molecule has 0 aliphatic heterocycles. The number of aromatic nitrogens is 2. The molecule has 0 unspecified atom stereocenters. The van der Waals surface area contributed by atoms with Crippen LogP contribution in [0.2, 0.25) is 0 Å². The summed E-state index contributed by atoms with van der Waals surface area (Å²) in [7, 11) is 0. The highest BCUT2D eigenvalue weighted by Gasteiger charge is 2.38. The number of nitrogens with zero attached hydrogens (tertiary/aromatic N) is 1. The molecule has 0 saturated heterocycles. The van der Waals surface area contributed by atoms with Crippen molar-refractivity contribution < 1.29 is 31.1 Å². The minimum absolute atomic E-state index is 0.0197. The number of anilines is 1. The molecule has 1 aromatic carbocycles. The van der Waals surface area contributed by atoms with Crippen molar-refractivity contribution >= 4 is 11.7 Å². The van der Waals surface area contributed by atoms with Gasteiger partial charge in [0.15, 0.2) is 5.82 Å². The van der Waals surface area contributed by atoms with Crippen molar-refractivity contribution in [1.82, 2.24) is 10.2 Å². The zero-order valence-electron chi connectivity index (χ0n) is 13.8. The predicted octanol–water partition coefficient (Wildman–Crippen LogP) is 4.90. The summed E-state index contributed by atoms with van der Waals surface area (Å²) >= 11 is 0. The number of H-pyrrole nitrogens is 1. The van der Waals surface area contributed by atoms with Gasteiger partial charge in [0.2, 0.25) is 5.91 Å². The molecule has 0 bridgehead atoms. The number of carbonyl (C=O) groups is 1. The van der Waals surface area contributed by atoms with Gasteiger partial charge in [-0.3, -0.25) is 9.89 Å². The SMILES string of the molecule is O=C(Cc1ccc(C(F)(F)F)cc1C(F)(F)F)Nc1cc(C2CCC2)[nH]n1. The fraction of sp³-hybridized carbons (Fsp3) is 0.412. The van der Waals surface area contributed by atoms with Crippen LogP contribution in [-0.2, 0) is 23.6 Å². The highest BCUT2D eigenvalue weighted by Crippen LogP contribution is 2.38. The lowest BCUT2D eigenvalue weighted by molar-refractivity contribution is -0.143. The van der Waals surface area contributed by atoms with E-state index >= 15 is 0 Å². The number of halogens is 6. The molecule has 0 spiro atoms. The number of benzene rings is 1. The maximum atomic E-state index is 13.1. The molecule has 1 aliphatic rings. The van der Waals surface area contributed by atoms with Crippen LogP contribution in [0.3, 0.4) is 0 Å². The van der Waals surface area contributed by atoms with Crippen LogP contribution in [0.5, 0.6) is 0 Å². The van der Waals surface area contributed by atoms with E-state index in [4.69, 9.17) is 0 Å². The summed E-state index contributed by atoms with van der Waals surface area (Å²) < 4.78 is 77.4. The fourth-order valence-electron chi connectivity index (χ4n) is 2.86. The Hall–Kier alpha value is -2.52. The predicted molar refractivity (Wildman–Crippen MR) is 84.0 cm³/mol. The van der Waals surface area contributed by atoms with E-state index in [0.717, 1.165) is 25.0 Å². The summed E-state index contributed by atoms with van der Waals surface area (Å²) in [5, 5.41) is 9.02. The molecule has 4 nitrogen and oxygen atoms in total. The van der Waals surface area contributed by atoms with Crippen molar-refractivity contribution in [2.75, 3.05) is 5.32 Å². The van der Waals surface area contributed by atoms with E-state index in [1.165, 1.54) is 0 Å². The molecule has 146 valence electrons. The molecule has 10 heteroatoms. The molecule has 2 N–H and O–H groups in total. The van der Waals surface area contributed by atoms with Crippen LogP contribution in [0.1, 0.15) is 47.6 Å². The minimum atomic E-state index is -5.01. The Labute approximate surface area is 150 Å². The third-order valence-corrected chi connectivity index (χ3v) is 4.50. The van der Waals surface area contributed by atoms with E-state index in [1.54, 1.807) is 6.07 Å². The fourth-order valence-corrected chi connectivity index (χ4v) is 2.86. The molecule has 1 saturated carbocycles. The Morgan fingerprint density at radius 2 is 1.81 bits per heavy atom. The Bertz CT molecular complexity index is 836. The normalized spacial score (nSPS) is 15.5. The molecule has 2 aromatic rings. The summed E-state index contributed by atoms with van der Waals surface area (Å²) in [6, 6.07) is 2.83. The highest BCUT2D eigenvalue weighted by molar-refractivity contribution is 5.91. The smallest absolute Gasteiger partial charge is 0.309 e. The number of rotatable bonds is 4. The number of alkyl halides is 6. The number of hydrogen-bond acceptors (Lipinski definition) is 2. The molecular weight excluding hydrogens is 376 g/mol. The number of amides is 1. The van der Waals surface area contributed by atoms with Gasteiger partial charge in [0, 0.05) is 17.7 Å². The molecule has 1 aliphatic carbocycles. The van der Waals surface area contributed by atoms with Gasteiger partial charge in [-0.05, 0) is 30.5 Å². The first-order chi connectivity index (χ1) is 12.5. The van der Waals surface area contributed by atoms with E-state index < -0.39 is 41.4 Å². The van der Waals surface area contributed by atoms with Crippen LogP contribution in [-0.4, -0.2) is 16.1 Å². The second-order valence-electron chi connectivity index (χ2n) is 6.43. The maximum absolute atomic E-state index is 13.1. The monoisotopic (exact) mass is 391 g/mol. The highest BCUT2D eigenvalue weighted by atomic mass is 19.4. The Kier molecular flexibility index (Phi) is 4.92. The Balaban J connectivity index is 1.75. The summed E-state index contributed by atoms with van der Waals surface area (Å²) in [6.07, 6.45) is -7.56. The van der Waals surface area contributed by atoms with Crippen LogP contribution >= 0.6 is 0 Å². The van der Waals surface area contributed by atoms with Gasteiger partial charge in [-0.1, -0.05) is 12.5 Å². The zero-order valence-corrected chi connectivity index (χ0v) is 13.8. The average molecular weight is 391 g/mol. The van der Waals surface area contributed by atoms with Crippen molar-refractivity contribution in [3.63, 3.8) is 0 Å². The minimum Gasteiger partial charge on any atom is -0.309 e. The van der Waals surface area contributed by atoms with Gasteiger partial charge in [-0.15, -0.1) is 0 Å². The lowest BCUT2D eigenvalue weighted by Crippen LogP contribution is -2.19. The van der Waals surface area contributed by atoms with Crippen molar-refractivity contribution in [3.8, 4) is 0 Å². The summed E-state index contributed by atoms with van der Waals surface area (Å²) in [5.74, 6) is -0.302. The first kappa shape index (κ1) is 19.2. The van der Waals surface area contributed by atoms with Crippen molar-refractivity contribution in [2.45, 2.75) is 44.0 Å². The Morgan fingerprint density at radius 3 is 2.37 bits per heavy atom. The van der Waals surface area contributed by atoms with Gasteiger partial charge in [-0.25, -0.2) is 0 Å². The average Bonchev–Trinajstić information content (AvgIpc) is 2.91. The van der Waals surface area contributed by atoms with Crippen molar-refractivity contribution in [2.24, 2.45) is 0 Å². The largest absolute Gasteiger partial charge is 0.416 e. The van der Waals surface area contributed by atoms with Gasteiger partial charge in [0.05, 0.1) is 17.5 Å². The van der Waals surface area contributed by atoms with Gasteiger partial charge in [-0.2, -0.15) is 31.4 Å². The first-order valence-corrected chi connectivity index (χ1v) is 8.16. The molecule has 1 aromatic heterocycles. The van der Waals surface area contributed by atoms with E-state index in [0.29, 0.717) is 18.1 Å². The molecule has 0 atom stereocenters. The molecule has 1 fully saturated rings. The van der Waals surface area contributed by atoms with E-state index in [2.05, 4.69) is 15.5 Å². The third-order valence-electron chi connectivity index (χ3n) is 4.50. The standard InChI is InChI=1S/C17H15F6N3O/c18-16(19,20)11-5-4-10(12(7-11)17(21,22)23)6-15(27)24-14-8-13(25-26-14)9-2-1-3-9/h4-5,7-9H,1-3,6H2,(H2,24,25,26,27). The van der Waals surface area contributed by atoms with Gasteiger partial charge < -0.3 is 5.32 Å². The number of carbonyl (C=O) groups excluding carboxylic acids is 1. The molecule has 1 heterocycles. The van der Waals surface area contributed by atoms with Crippen molar-refractivity contribution in [3.05, 3.63) is 46.6 Å². The maximum Gasteiger partial charge on any atom is 0.416 e. The number of hydrogen-bond donors (Lipinski definition) is 2. The number of aromatic amines is 1. The summed E-state index contributed by atoms with van der Waals surface area (Å²) in [4.78, 5) is 12.1. The molecule has 0 radical (unpaired) electrons. The quantitative estimate of drug-likeness (QED) is 0.729. The van der Waals surface area contributed by atoms with Crippen LogP contribution < -0.4 is 5.32 Å². The van der Waals surface area contributed by atoms with E-state index in [9.17, 15) is 31.1 Å². The first-order valence-electron chi connectivity index (χ1n) is 8.16. The molecule has 27 heavy (non-hydrogen) atoms. The second-order valence-corrected chi connectivity index (χ2v) is 6.43. The molecule has 1 amide bonds. The lowest BCUT2D eigenvalue weighted by Gasteiger charge is -2.23. The van der Waals surface area contributed by atoms with Crippen molar-refractivity contribution in [1.29, 1.82) is 0 Å². The summed E-state index contributed by atoms with van der Waals surface area (Å²) in [6.45, 7) is 0. The van der Waals surface area contributed by atoms with Gasteiger partial charge in [0.25, 0.3) is 0 Å². The number of nitrogens with one attached hydrogen (secondary N) is 2. The van der Waals surface area contributed by atoms with Crippen LogP contribution in [0.25, 0.3) is 0 Å². The topological polar surface area (TPSA) is 57.8 Å². The van der Waals surface area contributed by atoms with Crippen LogP contribution in [0.4, 0.5) is 32.2 Å². The lowest BCUT2D eigenvalue weighted by atomic mass is 9.83. The Morgan fingerprint density at radius 1 is 1.11 bits per heavy atom. The van der Waals surface area contributed by atoms with Gasteiger partial charge in [0.1, 0.15) is 0 Å². The second kappa shape index (κ2) is 6.90. The van der Waals surface area contributed by atoms with E-state index in [-0.39, 0.29) is 11.9 Å². The van der Waals surface area contributed by atoms with Crippen LogP contribution in [0.15, 0.2) is 24.3 Å². The van der Waals surface area contributed by atoms with Crippen LogP contribution in [0, 0.1) is 0 Å². The summed E-state index contributed by atoms with van der Waals surface area (Å²) in [5.41, 5.74) is -2.61. The molecular formula is C17H15F6N3O. The molecule has 3 rings (SSSR count). The van der Waals surface area contributed by atoms with Gasteiger partial charge >= 0.3 is 12.4 Å². The zero-order chi connectivity index (χ0) is 19.8. The van der Waals surface area contributed by atoms with E-state index in [1.807, 2.05) is 0 Å². The third kappa shape index (κ3) is 4.42.